The normalized spacial score (nSPS) is 10.7. The molecule has 2 aromatic rings. The van der Waals surface area contributed by atoms with Crippen LogP contribution in [0.25, 0.3) is 5.65 Å². The second-order valence-corrected chi connectivity index (χ2v) is 2.69. The van der Waals surface area contributed by atoms with E-state index in [1.807, 2.05) is 19.2 Å². The summed E-state index contributed by atoms with van der Waals surface area (Å²) >= 11 is 5.85. The zero-order chi connectivity index (χ0) is 7.84. The van der Waals surface area contributed by atoms with Gasteiger partial charge in [-0.25, -0.2) is 9.50 Å². The lowest BCUT2D eigenvalue weighted by molar-refractivity contribution is 0.931. The predicted octanol–water partition coefficient (Wildman–Crippen LogP) is 1.69. The quantitative estimate of drug-likeness (QED) is 0.598. The number of pyridine rings is 1. The molecule has 2 heterocycles. The molecule has 0 saturated carbocycles. The highest BCUT2D eigenvalue weighted by Gasteiger charge is 2.01. The van der Waals surface area contributed by atoms with Gasteiger partial charge < -0.3 is 0 Å². The fourth-order valence-corrected chi connectivity index (χ4v) is 1.18. The second kappa shape index (κ2) is 2.20. The fraction of sp³-hybridized carbons (Fsp3) is 0.143. The third kappa shape index (κ3) is 0.973. The lowest BCUT2D eigenvalue weighted by atomic mass is 10.5. The van der Waals surface area contributed by atoms with E-state index in [9.17, 15) is 0 Å². The number of halogens is 1. The standard InChI is InChI=1S/C7H6ClN3/c1-5-9-7-6(8)3-2-4-11(7)10-5/h2-4H,1H3. The Bertz CT molecular complexity index is 393. The van der Waals surface area contributed by atoms with Crippen LogP contribution >= 0.6 is 11.6 Å². The summed E-state index contributed by atoms with van der Waals surface area (Å²) in [4.78, 5) is 4.13. The van der Waals surface area contributed by atoms with Crippen LogP contribution in [-0.2, 0) is 0 Å². The third-order valence-electron chi connectivity index (χ3n) is 1.42. The van der Waals surface area contributed by atoms with Crippen molar-refractivity contribution in [1.82, 2.24) is 14.6 Å². The van der Waals surface area contributed by atoms with Crippen molar-refractivity contribution < 1.29 is 0 Å². The molecule has 0 bridgehead atoms. The minimum atomic E-state index is 0.633. The molecular formula is C7H6ClN3. The van der Waals surface area contributed by atoms with Gasteiger partial charge in [-0.3, -0.25) is 0 Å². The van der Waals surface area contributed by atoms with Gasteiger partial charge in [-0.05, 0) is 19.1 Å². The summed E-state index contributed by atoms with van der Waals surface area (Å²) in [5, 5.41) is 4.73. The Balaban J connectivity index is 2.90. The summed E-state index contributed by atoms with van der Waals surface area (Å²) in [6, 6.07) is 3.63. The van der Waals surface area contributed by atoms with Gasteiger partial charge in [0, 0.05) is 6.20 Å². The van der Waals surface area contributed by atoms with E-state index in [0.717, 1.165) is 5.82 Å². The lowest BCUT2D eigenvalue weighted by Gasteiger charge is -1.90. The molecule has 11 heavy (non-hydrogen) atoms. The Kier molecular flexibility index (Phi) is 1.32. The van der Waals surface area contributed by atoms with Crippen molar-refractivity contribution in [2.24, 2.45) is 0 Å². The van der Waals surface area contributed by atoms with Gasteiger partial charge in [-0.15, -0.1) is 0 Å². The highest BCUT2D eigenvalue weighted by atomic mass is 35.5. The Labute approximate surface area is 68.6 Å². The number of hydrogen-bond acceptors (Lipinski definition) is 2. The fourth-order valence-electron chi connectivity index (χ4n) is 0.980. The first-order chi connectivity index (χ1) is 5.27. The van der Waals surface area contributed by atoms with Crippen LogP contribution in [0.5, 0.6) is 0 Å². The van der Waals surface area contributed by atoms with Crippen LogP contribution in [0.3, 0.4) is 0 Å². The van der Waals surface area contributed by atoms with Crippen molar-refractivity contribution in [3.05, 3.63) is 29.2 Å². The topological polar surface area (TPSA) is 30.2 Å². The zero-order valence-electron chi connectivity index (χ0n) is 5.95. The number of aryl methyl sites for hydroxylation is 1. The summed E-state index contributed by atoms with van der Waals surface area (Å²) in [5.41, 5.74) is 0.715. The molecule has 4 heteroatoms. The van der Waals surface area contributed by atoms with E-state index in [4.69, 9.17) is 11.6 Å². The minimum absolute atomic E-state index is 0.633. The maximum atomic E-state index is 5.85. The summed E-state index contributed by atoms with van der Waals surface area (Å²) in [5.74, 6) is 0.734. The molecule has 0 fully saturated rings. The van der Waals surface area contributed by atoms with Crippen LogP contribution in [0.1, 0.15) is 5.82 Å². The lowest BCUT2D eigenvalue weighted by Crippen LogP contribution is -1.85. The van der Waals surface area contributed by atoms with E-state index in [1.54, 1.807) is 10.6 Å². The van der Waals surface area contributed by atoms with Crippen molar-refractivity contribution in [3.8, 4) is 0 Å². The van der Waals surface area contributed by atoms with Gasteiger partial charge in [-0.1, -0.05) is 11.6 Å². The molecule has 0 aliphatic rings. The number of nitrogens with zero attached hydrogens (tertiary/aromatic N) is 3. The van der Waals surface area contributed by atoms with Crippen molar-refractivity contribution in [2.45, 2.75) is 6.92 Å². The Morgan fingerprint density at radius 3 is 3.09 bits per heavy atom. The van der Waals surface area contributed by atoms with Gasteiger partial charge in [0.2, 0.25) is 0 Å². The van der Waals surface area contributed by atoms with Crippen molar-refractivity contribution >= 4 is 17.2 Å². The van der Waals surface area contributed by atoms with Crippen molar-refractivity contribution in [1.29, 1.82) is 0 Å². The van der Waals surface area contributed by atoms with Gasteiger partial charge in [-0.2, -0.15) is 5.10 Å². The van der Waals surface area contributed by atoms with E-state index in [1.165, 1.54) is 0 Å². The SMILES string of the molecule is Cc1nc2c(Cl)cccn2n1. The molecule has 0 saturated heterocycles. The molecule has 2 aromatic heterocycles. The van der Waals surface area contributed by atoms with E-state index in [2.05, 4.69) is 10.1 Å². The van der Waals surface area contributed by atoms with Gasteiger partial charge in [0.05, 0.1) is 5.02 Å². The van der Waals surface area contributed by atoms with Gasteiger partial charge in [0.25, 0.3) is 0 Å². The van der Waals surface area contributed by atoms with Crippen LogP contribution in [0.2, 0.25) is 5.02 Å². The van der Waals surface area contributed by atoms with Crippen LogP contribution in [0.4, 0.5) is 0 Å². The molecular weight excluding hydrogens is 162 g/mol. The van der Waals surface area contributed by atoms with Gasteiger partial charge in [0.15, 0.2) is 5.65 Å². The first-order valence-electron chi connectivity index (χ1n) is 3.25. The Morgan fingerprint density at radius 2 is 2.36 bits per heavy atom. The second-order valence-electron chi connectivity index (χ2n) is 2.28. The Hall–Kier alpha value is -1.09. The van der Waals surface area contributed by atoms with E-state index in [-0.39, 0.29) is 0 Å². The first-order valence-corrected chi connectivity index (χ1v) is 3.62. The van der Waals surface area contributed by atoms with Crippen LogP contribution in [0, 0.1) is 6.92 Å². The molecule has 2 rings (SSSR count). The Morgan fingerprint density at radius 1 is 1.55 bits per heavy atom. The molecule has 0 radical (unpaired) electrons. The van der Waals surface area contributed by atoms with Crippen LogP contribution < -0.4 is 0 Å². The smallest absolute Gasteiger partial charge is 0.174 e. The first kappa shape index (κ1) is 6.61. The molecule has 0 N–H and O–H groups in total. The largest absolute Gasteiger partial charge is 0.219 e. The monoisotopic (exact) mass is 167 g/mol. The van der Waals surface area contributed by atoms with Crippen LogP contribution in [-0.4, -0.2) is 14.6 Å². The number of fused-ring (bicyclic) bond motifs is 1. The molecule has 0 unspecified atom stereocenters. The molecule has 0 aliphatic heterocycles. The van der Waals surface area contributed by atoms with Gasteiger partial charge >= 0.3 is 0 Å². The highest BCUT2D eigenvalue weighted by Crippen LogP contribution is 2.13. The molecule has 0 aromatic carbocycles. The van der Waals surface area contributed by atoms with E-state index >= 15 is 0 Å². The molecule has 56 valence electrons. The molecule has 0 atom stereocenters. The van der Waals surface area contributed by atoms with E-state index < -0.39 is 0 Å². The maximum Gasteiger partial charge on any atom is 0.174 e. The van der Waals surface area contributed by atoms with Crippen molar-refractivity contribution in [2.75, 3.05) is 0 Å². The molecule has 0 spiro atoms. The predicted molar refractivity (Wildman–Crippen MR) is 42.7 cm³/mol. The van der Waals surface area contributed by atoms with Crippen molar-refractivity contribution in [3.63, 3.8) is 0 Å². The molecule has 0 aliphatic carbocycles. The summed E-state index contributed by atoms with van der Waals surface area (Å²) in [7, 11) is 0. The third-order valence-corrected chi connectivity index (χ3v) is 1.72. The van der Waals surface area contributed by atoms with Gasteiger partial charge in [0.1, 0.15) is 5.82 Å². The number of hydrogen-bond donors (Lipinski definition) is 0. The number of aromatic nitrogens is 3. The average Bonchev–Trinajstić information content (AvgIpc) is 2.31. The zero-order valence-corrected chi connectivity index (χ0v) is 6.71. The van der Waals surface area contributed by atoms with E-state index in [0.29, 0.717) is 10.7 Å². The number of rotatable bonds is 0. The molecule has 3 nitrogen and oxygen atoms in total. The van der Waals surface area contributed by atoms with Crippen LogP contribution in [0.15, 0.2) is 18.3 Å². The summed E-state index contributed by atoms with van der Waals surface area (Å²) in [6.07, 6.45) is 1.82. The summed E-state index contributed by atoms with van der Waals surface area (Å²) < 4.78 is 1.66. The molecule has 0 amide bonds. The maximum absolute atomic E-state index is 5.85. The average molecular weight is 168 g/mol. The summed E-state index contributed by atoms with van der Waals surface area (Å²) in [6.45, 7) is 1.84. The minimum Gasteiger partial charge on any atom is -0.219 e. The highest BCUT2D eigenvalue weighted by molar-refractivity contribution is 6.33.